The van der Waals surface area contributed by atoms with Gasteiger partial charge in [0.25, 0.3) is 0 Å². The fraction of sp³-hybridized carbons (Fsp3) is 0.611. The van der Waals surface area contributed by atoms with Crippen LogP contribution in [0.25, 0.3) is 0 Å². The number of nitrogens with zero attached hydrogens (tertiary/aromatic N) is 2. The topological polar surface area (TPSA) is 58.6 Å². The van der Waals surface area contributed by atoms with E-state index in [2.05, 4.69) is 33.9 Å². The fourth-order valence-corrected chi connectivity index (χ4v) is 3.47. The van der Waals surface area contributed by atoms with Gasteiger partial charge in [0.2, 0.25) is 5.91 Å². The molecule has 5 nitrogen and oxygen atoms in total. The molecule has 1 aromatic rings. The zero-order valence-corrected chi connectivity index (χ0v) is 16.2. The number of anilines is 1. The van der Waals surface area contributed by atoms with Crippen LogP contribution >= 0.6 is 0 Å². The summed E-state index contributed by atoms with van der Waals surface area (Å²) in [6.45, 7) is 12.8. The summed E-state index contributed by atoms with van der Waals surface area (Å²) >= 11 is -1.08. The van der Waals surface area contributed by atoms with E-state index < -0.39 is 11.4 Å². The number of benzene rings is 1. The lowest BCUT2D eigenvalue weighted by atomic mass is 10.1. The van der Waals surface area contributed by atoms with Crippen molar-refractivity contribution in [2.75, 3.05) is 31.1 Å². The van der Waals surface area contributed by atoms with Crippen molar-refractivity contribution in [3.8, 4) is 0 Å². The summed E-state index contributed by atoms with van der Waals surface area (Å²) in [5.41, 5.74) is 2.30. The van der Waals surface area contributed by atoms with Crippen molar-refractivity contribution in [3.63, 3.8) is 0 Å². The van der Waals surface area contributed by atoms with Crippen LogP contribution in [0, 0.1) is 0 Å². The number of nitrogens with one attached hydrogen (secondary N) is 1. The number of rotatable bonds is 4. The smallest absolute Gasteiger partial charge is 0.219 e. The maximum Gasteiger partial charge on any atom is 0.219 e. The van der Waals surface area contributed by atoms with Gasteiger partial charge in [-0.3, -0.25) is 4.79 Å². The minimum absolute atomic E-state index is 0.0358. The molecule has 1 amide bonds. The van der Waals surface area contributed by atoms with Gasteiger partial charge in [-0.1, -0.05) is 12.1 Å². The van der Waals surface area contributed by atoms with Gasteiger partial charge >= 0.3 is 0 Å². The third-order valence-corrected chi connectivity index (χ3v) is 6.00. The molecule has 2 atom stereocenters. The fourth-order valence-electron chi connectivity index (χ4n) is 2.66. The molecule has 134 valence electrons. The number of piperazine rings is 1. The van der Waals surface area contributed by atoms with Crippen LogP contribution < -0.4 is 9.62 Å². The van der Waals surface area contributed by atoms with Gasteiger partial charge in [-0.15, -0.1) is 4.72 Å². The van der Waals surface area contributed by atoms with Crippen LogP contribution in [0.15, 0.2) is 24.3 Å². The lowest BCUT2D eigenvalue weighted by Gasteiger charge is -2.35. The summed E-state index contributed by atoms with van der Waals surface area (Å²) in [6, 6.07) is 8.43. The standard InChI is InChI=1S/C18H29N3O2S/c1-14(19-24(23)18(3,4)5)16-6-8-17(9-7-16)21-12-10-20(11-13-21)15(2)22/h6-9,14,19H,10-13H2,1-5H3. The lowest BCUT2D eigenvalue weighted by molar-refractivity contribution is -0.129. The van der Waals surface area contributed by atoms with Crippen molar-refractivity contribution in [1.29, 1.82) is 0 Å². The molecule has 0 radical (unpaired) electrons. The van der Waals surface area contributed by atoms with E-state index in [1.54, 1.807) is 6.92 Å². The van der Waals surface area contributed by atoms with Crippen molar-refractivity contribution >= 4 is 23.0 Å². The van der Waals surface area contributed by atoms with E-state index in [9.17, 15) is 9.35 Å². The molecular formula is C18H29N3O2S. The van der Waals surface area contributed by atoms with Gasteiger partial charge in [0.15, 0.2) is 0 Å². The van der Waals surface area contributed by atoms with E-state index in [4.69, 9.17) is 0 Å². The Labute approximate surface area is 148 Å². The van der Waals surface area contributed by atoms with Gasteiger partial charge in [-0.25, -0.2) is 0 Å². The molecule has 1 fully saturated rings. The largest absolute Gasteiger partial charge is 0.598 e. The molecule has 2 rings (SSSR count). The second-order valence-electron chi connectivity index (χ2n) is 7.31. The lowest BCUT2D eigenvalue weighted by Crippen LogP contribution is -2.48. The Bertz CT molecular complexity index is 548. The molecule has 0 spiro atoms. The molecule has 1 aromatic carbocycles. The molecule has 0 bridgehead atoms. The molecule has 1 N–H and O–H groups in total. The van der Waals surface area contributed by atoms with E-state index in [1.165, 1.54) is 5.69 Å². The van der Waals surface area contributed by atoms with Gasteiger partial charge < -0.3 is 14.4 Å². The van der Waals surface area contributed by atoms with Gasteiger partial charge in [0.05, 0.1) is 6.04 Å². The second-order valence-corrected chi connectivity index (χ2v) is 9.30. The zero-order valence-electron chi connectivity index (χ0n) is 15.3. The molecule has 1 aliphatic rings. The number of carbonyl (C=O) groups is 1. The van der Waals surface area contributed by atoms with E-state index in [-0.39, 0.29) is 16.7 Å². The maximum atomic E-state index is 12.2. The van der Waals surface area contributed by atoms with Crippen molar-refractivity contribution in [3.05, 3.63) is 29.8 Å². The van der Waals surface area contributed by atoms with Gasteiger partial charge in [-0.2, -0.15) is 0 Å². The summed E-state index contributed by atoms with van der Waals surface area (Å²) in [6.07, 6.45) is 0. The Kier molecular flexibility index (Phi) is 6.17. The SMILES string of the molecule is CC(=O)N1CCN(c2ccc(C(C)N[S+]([O-])C(C)(C)C)cc2)CC1. The first-order valence-corrected chi connectivity index (χ1v) is 9.62. The average Bonchev–Trinajstić information content (AvgIpc) is 2.54. The van der Waals surface area contributed by atoms with Gasteiger partial charge in [0, 0.05) is 50.2 Å². The van der Waals surface area contributed by atoms with Crippen LogP contribution in [-0.4, -0.2) is 46.3 Å². The summed E-state index contributed by atoms with van der Waals surface area (Å²) in [4.78, 5) is 15.6. The van der Waals surface area contributed by atoms with Crippen LogP contribution in [0.2, 0.25) is 0 Å². The molecule has 1 aliphatic heterocycles. The summed E-state index contributed by atoms with van der Waals surface area (Å²) in [7, 11) is 0. The molecule has 0 saturated carbocycles. The van der Waals surface area contributed by atoms with Crippen molar-refractivity contribution in [1.82, 2.24) is 9.62 Å². The van der Waals surface area contributed by atoms with Crippen molar-refractivity contribution < 1.29 is 9.35 Å². The number of hydrogen-bond donors (Lipinski definition) is 1. The van der Waals surface area contributed by atoms with Crippen LogP contribution in [0.5, 0.6) is 0 Å². The van der Waals surface area contributed by atoms with Crippen LogP contribution in [-0.2, 0) is 16.2 Å². The molecule has 24 heavy (non-hydrogen) atoms. The number of carbonyl (C=O) groups excluding carboxylic acids is 1. The normalized spacial score (nSPS) is 18.4. The Balaban J connectivity index is 1.95. The summed E-state index contributed by atoms with van der Waals surface area (Å²) < 4.78 is 15.1. The number of amides is 1. The molecule has 2 unspecified atom stereocenters. The Morgan fingerprint density at radius 1 is 1.17 bits per heavy atom. The van der Waals surface area contributed by atoms with E-state index in [0.717, 1.165) is 31.7 Å². The van der Waals surface area contributed by atoms with Crippen LogP contribution in [0.3, 0.4) is 0 Å². The molecule has 0 aromatic heterocycles. The molecule has 0 aliphatic carbocycles. The van der Waals surface area contributed by atoms with Crippen molar-refractivity contribution in [2.45, 2.75) is 45.4 Å². The number of hydrogen-bond acceptors (Lipinski definition) is 4. The summed E-state index contributed by atoms with van der Waals surface area (Å²) in [5.74, 6) is 0.150. The van der Waals surface area contributed by atoms with Crippen LogP contribution in [0.4, 0.5) is 5.69 Å². The first-order chi connectivity index (χ1) is 11.2. The van der Waals surface area contributed by atoms with Crippen LogP contribution in [0.1, 0.15) is 46.2 Å². The minimum Gasteiger partial charge on any atom is -0.598 e. The van der Waals surface area contributed by atoms with Crippen molar-refractivity contribution in [2.24, 2.45) is 0 Å². The Morgan fingerprint density at radius 2 is 1.71 bits per heavy atom. The highest BCUT2D eigenvalue weighted by molar-refractivity contribution is 7.90. The predicted octanol–water partition coefficient (Wildman–Crippen LogP) is 2.47. The van der Waals surface area contributed by atoms with E-state index in [0.29, 0.717) is 0 Å². The highest BCUT2D eigenvalue weighted by Gasteiger charge is 2.28. The maximum absolute atomic E-state index is 12.2. The molecular weight excluding hydrogens is 322 g/mol. The Hall–Kier alpha value is -1.24. The predicted molar refractivity (Wildman–Crippen MR) is 100 cm³/mol. The first kappa shape index (κ1) is 19.1. The van der Waals surface area contributed by atoms with E-state index >= 15 is 0 Å². The monoisotopic (exact) mass is 351 g/mol. The molecule has 1 saturated heterocycles. The molecule has 1 heterocycles. The first-order valence-electron chi connectivity index (χ1n) is 8.47. The second kappa shape index (κ2) is 7.76. The zero-order chi connectivity index (χ0) is 17.9. The van der Waals surface area contributed by atoms with E-state index in [1.807, 2.05) is 32.6 Å². The minimum atomic E-state index is -1.08. The quantitative estimate of drug-likeness (QED) is 0.847. The molecule has 6 heteroatoms. The third kappa shape index (κ3) is 4.88. The highest BCUT2D eigenvalue weighted by atomic mass is 32.2. The van der Waals surface area contributed by atoms with Gasteiger partial charge in [0.1, 0.15) is 4.75 Å². The third-order valence-electron chi connectivity index (χ3n) is 4.32. The summed E-state index contributed by atoms with van der Waals surface area (Å²) in [5, 5.41) is 0. The van der Waals surface area contributed by atoms with Gasteiger partial charge in [-0.05, 0) is 45.4 Å². The highest BCUT2D eigenvalue weighted by Crippen LogP contribution is 2.23. The average molecular weight is 352 g/mol. The Morgan fingerprint density at radius 3 is 2.17 bits per heavy atom.